The molecule has 4 rings (SSSR count). The Morgan fingerprint density at radius 1 is 0.448 bits per heavy atom. The zero-order valence-corrected chi connectivity index (χ0v) is 16.8. The van der Waals surface area contributed by atoms with Gasteiger partial charge in [-0.25, -0.2) is 0 Å². The van der Waals surface area contributed by atoms with Gasteiger partial charge in [0.25, 0.3) is 0 Å². The van der Waals surface area contributed by atoms with Gasteiger partial charge in [0.1, 0.15) is 11.5 Å². The van der Waals surface area contributed by atoms with Crippen molar-refractivity contribution in [3.63, 3.8) is 0 Å². The molecule has 0 unspecified atom stereocenters. The van der Waals surface area contributed by atoms with E-state index in [1.807, 2.05) is 36.4 Å². The molecule has 0 atom stereocenters. The first-order valence-corrected chi connectivity index (χ1v) is 9.66. The van der Waals surface area contributed by atoms with Crippen LogP contribution >= 0.6 is 0 Å². The lowest BCUT2D eigenvalue weighted by atomic mass is 9.78. The molecule has 0 saturated carbocycles. The first kappa shape index (κ1) is 20.2. The van der Waals surface area contributed by atoms with E-state index in [1.54, 1.807) is 24.3 Å². The van der Waals surface area contributed by atoms with Crippen LogP contribution < -0.4 is 0 Å². The molecule has 4 aromatic carbocycles. The van der Waals surface area contributed by atoms with E-state index in [0.717, 1.165) is 11.1 Å². The van der Waals surface area contributed by atoms with Crippen molar-refractivity contribution in [3.05, 3.63) is 120 Å². The van der Waals surface area contributed by atoms with Crippen LogP contribution in [0.4, 0.5) is 0 Å². The summed E-state index contributed by atoms with van der Waals surface area (Å²) in [4.78, 5) is 0. The van der Waals surface area contributed by atoms with Gasteiger partial charge < -0.3 is 10.2 Å². The van der Waals surface area contributed by atoms with Crippen molar-refractivity contribution in [2.24, 2.45) is 0 Å². The van der Waals surface area contributed by atoms with E-state index in [0.29, 0.717) is 0 Å². The van der Waals surface area contributed by atoms with E-state index in [4.69, 9.17) is 0 Å². The fourth-order valence-electron chi connectivity index (χ4n) is 3.18. The maximum atomic E-state index is 9.30. The van der Waals surface area contributed by atoms with Crippen molar-refractivity contribution in [3.8, 4) is 22.6 Å². The van der Waals surface area contributed by atoms with Gasteiger partial charge in [-0.2, -0.15) is 0 Å². The molecular formula is C27H26O2. The monoisotopic (exact) mass is 382 g/mol. The number of hydrogen-bond acceptors (Lipinski definition) is 2. The van der Waals surface area contributed by atoms with Gasteiger partial charge in [0.05, 0.1) is 0 Å². The average Bonchev–Trinajstić information content (AvgIpc) is 2.76. The van der Waals surface area contributed by atoms with Crippen molar-refractivity contribution < 1.29 is 10.2 Å². The van der Waals surface area contributed by atoms with Gasteiger partial charge in [-0.05, 0) is 46.5 Å². The number of hydrogen-bond donors (Lipinski definition) is 2. The van der Waals surface area contributed by atoms with Crippen molar-refractivity contribution in [1.82, 2.24) is 0 Å². The quantitative estimate of drug-likeness (QED) is 0.410. The second-order valence-corrected chi connectivity index (χ2v) is 7.45. The third kappa shape index (κ3) is 5.26. The van der Waals surface area contributed by atoms with Crippen LogP contribution in [0.1, 0.15) is 25.0 Å². The fourth-order valence-corrected chi connectivity index (χ4v) is 3.18. The Bertz CT molecular complexity index is 919. The number of phenols is 2. The van der Waals surface area contributed by atoms with Gasteiger partial charge in [0.15, 0.2) is 0 Å². The molecule has 0 amide bonds. The van der Waals surface area contributed by atoms with Gasteiger partial charge in [0.2, 0.25) is 0 Å². The van der Waals surface area contributed by atoms with E-state index >= 15 is 0 Å². The molecule has 146 valence electrons. The summed E-state index contributed by atoms with van der Waals surface area (Å²) in [6.07, 6.45) is 0. The molecule has 29 heavy (non-hydrogen) atoms. The van der Waals surface area contributed by atoms with Crippen LogP contribution in [0.5, 0.6) is 11.5 Å². The van der Waals surface area contributed by atoms with E-state index in [9.17, 15) is 10.2 Å². The van der Waals surface area contributed by atoms with Crippen molar-refractivity contribution in [1.29, 1.82) is 0 Å². The van der Waals surface area contributed by atoms with Crippen molar-refractivity contribution in [2.75, 3.05) is 0 Å². The summed E-state index contributed by atoms with van der Waals surface area (Å²) in [5.41, 5.74) is 4.65. The molecule has 0 aromatic heterocycles. The standard InChI is InChI=1S/C15H16O2.C12H10/c1-15(2,11-3-7-13(16)8-4-11)12-5-9-14(17)10-6-12;1-3-7-11(8-4-1)12-9-5-2-6-10-12/h3-10,16-17H,1-2H3;1-10H. The molecular weight excluding hydrogens is 356 g/mol. The van der Waals surface area contributed by atoms with Gasteiger partial charge in [-0.1, -0.05) is 98.8 Å². The van der Waals surface area contributed by atoms with Crippen LogP contribution in [0.2, 0.25) is 0 Å². The highest BCUT2D eigenvalue weighted by Crippen LogP contribution is 2.32. The minimum atomic E-state index is -0.151. The Hall–Kier alpha value is -3.52. The maximum Gasteiger partial charge on any atom is 0.115 e. The number of rotatable bonds is 3. The Balaban J connectivity index is 0.000000176. The molecule has 0 radical (unpaired) electrons. The van der Waals surface area contributed by atoms with Gasteiger partial charge in [-0.3, -0.25) is 0 Å². The third-order valence-electron chi connectivity index (χ3n) is 5.06. The molecule has 2 nitrogen and oxygen atoms in total. The predicted molar refractivity (Wildman–Crippen MR) is 120 cm³/mol. The topological polar surface area (TPSA) is 40.5 Å². The molecule has 0 aliphatic rings. The second kappa shape index (κ2) is 9.11. The summed E-state index contributed by atoms with van der Waals surface area (Å²) in [5.74, 6) is 0.547. The zero-order valence-electron chi connectivity index (χ0n) is 16.8. The molecule has 0 bridgehead atoms. The van der Waals surface area contributed by atoms with E-state index in [-0.39, 0.29) is 16.9 Å². The van der Waals surface area contributed by atoms with Gasteiger partial charge in [-0.15, -0.1) is 0 Å². The van der Waals surface area contributed by atoms with E-state index in [2.05, 4.69) is 62.4 Å². The normalized spacial score (nSPS) is 10.7. The molecule has 0 aliphatic heterocycles. The Morgan fingerprint density at radius 2 is 0.759 bits per heavy atom. The lowest BCUT2D eigenvalue weighted by Gasteiger charge is -2.26. The first-order chi connectivity index (χ1) is 14.0. The van der Waals surface area contributed by atoms with Gasteiger partial charge in [0, 0.05) is 5.41 Å². The smallest absolute Gasteiger partial charge is 0.115 e. The molecule has 0 fully saturated rings. The van der Waals surface area contributed by atoms with E-state index in [1.165, 1.54) is 11.1 Å². The lowest BCUT2D eigenvalue weighted by Crippen LogP contribution is -2.18. The molecule has 0 spiro atoms. The fraction of sp³-hybridized carbons (Fsp3) is 0.111. The summed E-state index contributed by atoms with van der Waals surface area (Å²) in [6.45, 7) is 4.23. The van der Waals surface area contributed by atoms with Crippen LogP contribution in [0.25, 0.3) is 11.1 Å². The summed E-state index contributed by atoms with van der Waals surface area (Å²) in [6, 6.07) is 35.2. The highest BCUT2D eigenvalue weighted by molar-refractivity contribution is 5.62. The number of benzene rings is 4. The molecule has 4 aromatic rings. The van der Waals surface area contributed by atoms with Crippen LogP contribution in [0.3, 0.4) is 0 Å². The Kier molecular flexibility index (Phi) is 6.36. The molecule has 2 heteroatoms. The highest BCUT2D eigenvalue weighted by atomic mass is 16.3. The van der Waals surface area contributed by atoms with Crippen molar-refractivity contribution in [2.45, 2.75) is 19.3 Å². The SMILES string of the molecule is CC(C)(c1ccc(O)cc1)c1ccc(O)cc1.c1ccc(-c2ccccc2)cc1. The maximum absolute atomic E-state index is 9.30. The molecule has 0 heterocycles. The molecule has 2 N–H and O–H groups in total. The van der Waals surface area contributed by atoms with Crippen LogP contribution in [0, 0.1) is 0 Å². The van der Waals surface area contributed by atoms with Crippen molar-refractivity contribution >= 4 is 0 Å². The number of aromatic hydroxyl groups is 2. The van der Waals surface area contributed by atoms with Crippen LogP contribution in [-0.4, -0.2) is 10.2 Å². The molecule has 0 aliphatic carbocycles. The predicted octanol–water partition coefficient (Wildman–Crippen LogP) is 6.78. The largest absolute Gasteiger partial charge is 0.508 e. The average molecular weight is 383 g/mol. The molecule has 0 saturated heterocycles. The Morgan fingerprint density at radius 3 is 1.07 bits per heavy atom. The number of phenolic OH excluding ortho intramolecular Hbond substituents is 2. The minimum Gasteiger partial charge on any atom is -0.508 e. The lowest BCUT2D eigenvalue weighted by molar-refractivity contribution is 0.474. The second-order valence-electron chi connectivity index (χ2n) is 7.45. The first-order valence-electron chi connectivity index (χ1n) is 9.66. The third-order valence-corrected chi connectivity index (χ3v) is 5.06. The van der Waals surface area contributed by atoms with E-state index < -0.39 is 0 Å². The summed E-state index contributed by atoms with van der Waals surface area (Å²) < 4.78 is 0. The Labute approximate surface area is 172 Å². The summed E-state index contributed by atoms with van der Waals surface area (Å²) in [5, 5.41) is 18.6. The van der Waals surface area contributed by atoms with Gasteiger partial charge >= 0.3 is 0 Å². The summed E-state index contributed by atoms with van der Waals surface area (Å²) in [7, 11) is 0. The van der Waals surface area contributed by atoms with Crippen LogP contribution in [-0.2, 0) is 5.41 Å². The zero-order chi connectivity index (χ0) is 20.7. The highest BCUT2D eigenvalue weighted by Gasteiger charge is 2.22. The minimum absolute atomic E-state index is 0.151. The summed E-state index contributed by atoms with van der Waals surface area (Å²) >= 11 is 0. The van der Waals surface area contributed by atoms with Crippen LogP contribution in [0.15, 0.2) is 109 Å².